The van der Waals surface area contributed by atoms with E-state index in [0.29, 0.717) is 11.5 Å². The molecule has 2 aromatic heterocycles. The van der Waals surface area contributed by atoms with E-state index < -0.39 is 0 Å². The van der Waals surface area contributed by atoms with Crippen LogP contribution in [-0.2, 0) is 6.42 Å². The number of nitrogens with two attached hydrogens (primary N) is 1. The lowest BCUT2D eigenvalue weighted by Gasteiger charge is -2.04. The molecule has 0 radical (unpaired) electrons. The van der Waals surface area contributed by atoms with Crippen LogP contribution in [0.2, 0.25) is 0 Å². The van der Waals surface area contributed by atoms with Crippen molar-refractivity contribution in [2.24, 2.45) is 0 Å². The minimum atomic E-state index is 0.441. The Morgan fingerprint density at radius 1 is 1.15 bits per heavy atom. The second kappa shape index (κ2) is 5.56. The number of fused-ring (bicyclic) bond motifs is 1. The summed E-state index contributed by atoms with van der Waals surface area (Å²) >= 11 is 0. The van der Waals surface area contributed by atoms with Crippen molar-refractivity contribution in [1.82, 2.24) is 19.9 Å². The number of hydrogen-bond donors (Lipinski definition) is 3. The molecule has 0 fully saturated rings. The van der Waals surface area contributed by atoms with Gasteiger partial charge in [-0.05, 0) is 18.6 Å². The zero-order chi connectivity index (χ0) is 13.8. The summed E-state index contributed by atoms with van der Waals surface area (Å²) in [5.41, 5.74) is 8.25. The number of benzene rings is 1. The summed E-state index contributed by atoms with van der Waals surface area (Å²) in [6.45, 7) is 0.891. The first-order chi connectivity index (χ1) is 9.83. The molecule has 20 heavy (non-hydrogen) atoms. The van der Waals surface area contributed by atoms with Crippen LogP contribution in [0, 0.1) is 0 Å². The van der Waals surface area contributed by atoms with E-state index in [4.69, 9.17) is 5.73 Å². The highest BCUT2D eigenvalue weighted by molar-refractivity contribution is 5.80. The summed E-state index contributed by atoms with van der Waals surface area (Å²) < 4.78 is 0. The molecule has 0 saturated heterocycles. The van der Waals surface area contributed by atoms with Crippen LogP contribution in [0.5, 0.6) is 0 Å². The number of aromatic amines is 1. The quantitative estimate of drug-likeness (QED) is 0.615. The number of rotatable bonds is 5. The molecule has 6 nitrogen and oxygen atoms in total. The van der Waals surface area contributed by atoms with Crippen molar-refractivity contribution in [3.63, 3.8) is 0 Å². The Kier molecular flexibility index (Phi) is 3.45. The first-order valence-corrected chi connectivity index (χ1v) is 6.57. The zero-order valence-corrected chi connectivity index (χ0v) is 11.0. The van der Waals surface area contributed by atoms with Crippen molar-refractivity contribution >= 4 is 22.7 Å². The van der Waals surface area contributed by atoms with Gasteiger partial charge in [0.2, 0.25) is 0 Å². The number of nitrogens with zero attached hydrogens (tertiary/aromatic N) is 3. The maximum Gasteiger partial charge on any atom is 0.183 e. The molecule has 0 atom stereocenters. The predicted octanol–water partition coefficient (Wildman–Crippen LogP) is 1.98. The van der Waals surface area contributed by atoms with Crippen molar-refractivity contribution in [2.45, 2.75) is 12.8 Å². The van der Waals surface area contributed by atoms with Gasteiger partial charge < -0.3 is 16.0 Å². The molecule has 0 saturated carbocycles. The topological polar surface area (TPSA) is 92.5 Å². The van der Waals surface area contributed by atoms with Gasteiger partial charge in [-0.25, -0.2) is 15.0 Å². The van der Waals surface area contributed by atoms with E-state index in [2.05, 4.69) is 37.4 Å². The van der Waals surface area contributed by atoms with E-state index in [1.807, 2.05) is 18.2 Å². The first-order valence-electron chi connectivity index (χ1n) is 6.57. The highest BCUT2D eigenvalue weighted by Gasteiger charge is 2.06. The fourth-order valence-corrected chi connectivity index (χ4v) is 2.06. The maximum atomic E-state index is 5.77. The fourth-order valence-electron chi connectivity index (χ4n) is 2.06. The molecule has 6 heteroatoms. The molecule has 0 spiro atoms. The summed E-state index contributed by atoms with van der Waals surface area (Å²) in [7, 11) is 0. The summed E-state index contributed by atoms with van der Waals surface area (Å²) in [6.07, 6.45) is 3.25. The fraction of sp³-hybridized carbons (Fsp3) is 0.214. The number of anilines is 2. The first kappa shape index (κ1) is 12.4. The number of hydrogen-bond acceptors (Lipinski definition) is 5. The summed E-state index contributed by atoms with van der Waals surface area (Å²) in [6, 6.07) is 10.1. The van der Waals surface area contributed by atoms with E-state index in [1.165, 1.54) is 6.33 Å². The minimum absolute atomic E-state index is 0.441. The third kappa shape index (κ3) is 2.69. The average Bonchev–Trinajstić information content (AvgIpc) is 2.89. The average molecular weight is 268 g/mol. The van der Waals surface area contributed by atoms with Crippen molar-refractivity contribution < 1.29 is 0 Å². The molecule has 0 bridgehead atoms. The molecule has 0 unspecified atom stereocenters. The van der Waals surface area contributed by atoms with E-state index in [1.54, 1.807) is 0 Å². The molecule has 4 N–H and O–H groups in total. The molecule has 102 valence electrons. The third-order valence-corrected chi connectivity index (χ3v) is 3.06. The van der Waals surface area contributed by atoms with E-state index >= 15 is 0 Å². The van der Waals surface area contributed by atoms with E-state index in [0.717, 1.165) is 36.4 Å². The Balaban J connectivity index is 1.56. The highest BCUT2D eigenvalue weighted by Crippen LogP contribution is 2.14. The van der Waals surface area contributed by atoms with Crippen molar-refractivity contribution in [2.75, 3.05) is 17.6 Å². The second-order valence-corrected chi connectivity index (χ2v) is 4.54. The molecule has 0 amide bonds. The number of aromatic nitrogens is 4. The number of nitrogen functional groups attached to an aromatic ring is 1. The molecule has 0 aliphatic rings. The van der Waals surface area contributed by atoms with Gasteiger partial charge in [0.25, 0.3) is 0 Å². The Morgan fingerprint density at radius 3 is 2.80 bits per heavy atom. The number of aryl methyl sites for hydroxylation is 1. The Bertz CT molecular complexity index is 691. The third-order valence-electron chi connectivity index (χ3n) is 3.06. The van der Waals surface area contributed by atoms with Crippen molar-refractivity contribution in [3.8, 4) is 0 Å². The number of para-hydroxylation sites is 1. The smallest absolute Gasteiger partial charge is 0.183 e. The van der Waals surface area contributed by atoms with E-state index in [-0.39, 0.29) is 0 Å². The summed E-state index contributed by atoms with van der Waals surface area (Å²) in [5, 5.41) is 3.37. The van der Waals surface area contributed by atoms with Crippen LogP contribution in [0.3, 0.4) is 0 Å². The SMILES string of the molecule is Nc1ncnc2nc(CCCNc3ccccc3)[nH]c12. The normalized spacial score (nSPS) is 10.8. The van der Waals surface area contributed by atoms with Crippen LogP contribution in [-0.4, -0.2) is 26.5 Å². The summed E-state index contributed by atoms with van der Waals surface area (Å²) in [4.78, 5) is 15.6. The van der Waals surface area contributed by atoms with Crippen LogP contribution >= 0.6 is 0 Å². The molecule has 1 aromatic carbocycles. The van der Waals surface area contributed by atoms with Gasteiger partial charge in [-0.3, -0.25) is 0 Å². The highest BCUT2D eigenvalue weighted by atomic mass is 15.0. The minimum Gasteiger partial charge on any atom is -0.385 e. The molecule has 2 heterocycles. The second-order valence-electron chi connectivity index (χ2n) is 4.54. The molecular weight excluding hydrogens is 252 g/mol. The monoisotopic (exact) mass is 268 g/mol. The zero-order valence-electron chi connectivity index (χ0n) is 11.0. The number of imidazole rings is 1. The largest absolute Gasteiger partial charge is 0.385 e. The Labute approximate surface area is 116 Å². The van der Waals surface area contributed by atoms with Crippen LogP contribution in [0.25, 0.3) is 11.2 Å². The van der Waals surface area contributed by atoms with Gasteiger partial charge in [-0.15, -0.1) is 0 Å². The van der Waals surface area contributed by atoms with Crippen LogP contribution in [0.1, 0.15) is 12.2 Å². The van der Waals surface area contributed by atoms with Gasteiger partial charge in [-0.1, -0.05) is 18.2 Å². The van der Waals surface area contributed by atoms with Gasteiger partial charge in [-0.2, -0.15) is 0 Å². The van der Waals surface area contributed by atoms with Crippen LogP contribution in [0.15, 0.2) is 36.7 Å². The lowest BCUT2D eigenvalue weighted by Crippen LogP contribution is -2.03. The Hall–Kier alpha value is -2.63. The van der Waals surface area contributed by atoms with Gasteiger partial charge in [0.05, 0.1) is 0 Å². The van der Waals surface area contributed by atoms with Gasteiger partial charge >= 0.3 is 0 Å². The lowest BCUT2D eigenvalue weighted by atomic mass is 10.2. The van der Waals surface area contributed by atoms with Gasteiger partial charge in [0.15, 0.2) is 11.5 Å². The van der Waals surface area contributed by atoms with Crippen LogP contribution in [0.4, 0.5) is 11.5 Å². The van der Waals surface area contributed by atoms with Crippen molar-refractivity contribution in [1.29, 1.82) is 0 Å². The van der Waals surface area contributed by atoms with E-state index in [9.17, 15) is 0 Å². The lowest BCUT2D eigenvalue weighted by molar-refractivity contribution is 0.819. The van der Waals surface area contributed by atoms with Crippen LogP contribution < -0.4 is 11.1 Å². The molecule has 3 rings (SSSR count). The molecular formula is C14H16N6. The Morgan fingerprint density at radius 2 is 2.00 bits per heavy atom. The standard InChI is InChI=1S/C14H16N6/c15-13-12-14(18-9-17-13)20-11(19-12)7-4-8-16-10-5-2-1-3-6-10/h1-3,5-6,9,16H,4,7-8H2,(H3,15,17,18,19,20). The van der Waals surface area contributed by atoms with Crippen molar-refractivity contribution in [3.05, 3.63) is 42.5 Å². The maximum absolute atomic E-state index is 5.77. The molecule has 0 aliphatic heterocycles. The van der Waals surface area contributed by atoms with Gasteiger partial charge in [0.1, 0.15) is 17.7 Å². The number of H-pyrrole nitrogens is 1. The summed E-state index contributed by atoms with van der Waals surface area (Å²) in [5.74, 6) is 1.33. The molecule has 0 aliphatic carbocycles. The number of nitrogens with one attached hydrogen (secondary N) is 2. The molecule has 3 aromatic rings. The van der Waals surface area contributed by atoms with Gasteiger partial charge in [0, 0.05) is 18.7 Å². The predicted molar refractivity (Wildman–Crippen MR) is 79.3 cm³/mol.